The largest absolute Gasteiger partial charge is 0.350 e. The van der Waals surface area contributed by atoms with Gasteiger partial charge in [0.05, 0.1) is 0 Å². The molecule has 1 aromatic heterocycles. The Balaban J connectivity index is 1.83. The first kappa shape index (κ1) is 15.5. The third kappa shape index (κ3) is 3.34. The van der Waals surface area contributed by atoms with Crippen molar-refractivity contribution in [1.82, 2.24) is 4.57 Å². The van der Waals surface area contributed by atoms with Gasteiger partial charge in [0.25, 0.3) is 6.08 Å². The molecular weight excluding hydrogens is 292 g/mol. The molecule has 0 spiro atoms. The molecule has 0 saturated heterocycles. The standard InChI is InChI=1S/C20H19F2N/c1-23-14-18(16-11-5-6-13-19(16)23)17(20(21)22)12-7-10-15-8-3-2-4-9-15/h2-6,8-9,11,13-14H,7,10,12H2,1H3. The molecule has 0 amide bonds. The number of aryl methyl sites for hydroxylation is 2. The first-order valence-electron chi connectivity index (χ1n) is 7.79. The van der Waals surface area contributed by atoms with Gasteiger partial charge in [-0.05, 0) is 30.9 Å². The Hall–Kier alpha value is -2.42. The van der Waals surface area contributed by atoms with Gasteiger partial charge in [-0.3, -0.25) is 0 Å². The smallest absolute Gasteiger partial charge is 0.274 e. The van der Waals surface area contributed by atoms with Gasteiger partial charge >= 0.3 is 0 Å². The molecule has 0 aliphatic rings. The highest BCUT2D eigenvalue weighted by molar-refractivity contribution is 5.93. The minimum absolute atomic E-state index is 0.165. The maximum absolute atomic E-state index is 13.5. The predicted octanol–water partition coefficient (Wildman–Crippen LogP) is 5.81. The number of aromatic nitrogens is 1. The zero-order chi connectivity index (χ0) is 16.2. The molecule has 0 atom stereocenters. The lowest BCUT2D eigenvalue weighted by atomic mass is 9.99. The van der Waals surface area contributed by atoms with E-state index in [-0.39, 0.29) is 5.57 Å². The number of rotatable bonds is 5. The fourth-order valence-electron chi connectivity index (χ4n) is 3.03. The zero-order valence-electron chi connectivity index (χ0n) is 13.1. The Morgan fingerprint density at radius 2 is 1.65 bits per heavy atom. The van der Waals surface area contributed by atoms with Crippen molar-refractivity contribution in [3.63, 3.8) is 0 Å². The molecule has 0 N–H and O–H groups in total. The van der Waals surface area contributed by atoms with Gasteiger partial charge in [0, 0.05) is 35.3 Å². The van der Waals surface area contributed by atoms with Gasteiger partial charge < -0.3 is 4.57 Å². The lowest BCUT2D eigenvalue weighted by Crippen LogP contribution is -1.90. The van der Waals surface area contributed by atoms with Gasteiger partial charge in [0.2, 0.25) is 0 Å². The number of benzene rings is 2. The molecule has 3 heteroatoms. The van der Waals surface area contributed by atoms with E-state index in [4.69, 9.17) is 0 Å². The highest BCUT2D eigenvalue weighted by Crippen LogP contribution is 2.33. The predicted molar refractivity (Wildman–Crippen MR) is 91.4 cm³/mol. The maximum Gasteiger partial charge on any atom is 0.274 e. The van der Waals surface area contributed by atoms with Gasteiger partial charge in [-0.25, -0.2) is 0 Å². The van der Waals surface area contributed by atoms with Crippen molar-refractivity contribution in [2.45, 2.75) is 19.3 Å². The summed E-state index contributed by atoms with van der Waals surface area (Å²) in [4.78, 5) is 0. The van der Waals surface area contributed by atoms with Crippen molar-refractivity contribution < 1.29 is 8.78 Å². The number of hydrogen-bond acceptors (Lipinski definition) is 0. The van der Waals surface area contributed by atoms with Crippen LogP contribution in [0.15, 0.2) is 66.9 Å². The molecule has 3 rings (SSSR count). The van der Waals surface area contributed by atoms with Gasteiger partial charge in [-0.1, -0.05) is 48.5 Å². The summed E-state index contributed by atoms with van der Waals surface area (Å²) in [5.41, 5.74) is 2.97. The average molecular weight is 311 g/mol. The van der Waals surface area contributed by atoms with Gasteiger partial charge in [-0.2, -0.15) is 8.78 Å². The average Bonchev–Trinajstić information content (AvgIpc) is 2.89. The Labute approximate surface area is 134 Å². The third-order valence-electron chi connectivity index (χ3n) is 4.19. The van der Waals surface area contributed by atoms with E-state index in [1.165, 1.54) is 5.56 Å². The minimum Gasteiger partial charge on any atom is -0.350 e. The van der Waals surface area contributed by atoms with Crippen LogP contribution < -0.4 is 0 Å². The molecule has 0 radical (unpaired) electrons. The van der Waals surface area contributed by atoms with Crippen molar-refractivity contribution >= 4 is 16.5 Å². The highest BCUT2D eigenvalue weighted by Gasteiger charge is 2.15. The molecule has 0 bridgehead atoms. The van der Waals surface area contributed by atoms with Gasteiger partial charge in [0.1, 0.15) is 0 Å². The molecule has 0 aliphatic carbocycles. The van der Waals surface area contributed by atoms with Crippen LogP contribution in [0.2, 0.25) is 0 Å². The van der Waals surface area contributed by atoms with E-state index < -0.39 is 6.08 Å². The zero-order valence-corrected chi connectivity index (χ0v) is 13.1. The van der Waals surface area contributed by atoms with E-state index in [1.54, 1.807) is 0 Å². The van der Waals surface area contributed by atoms with Crippen LogP contribution in [0.25, 0.3) is 16.5 Å². The van der Waals surface area contributed by atoms with Crippen molar-refractivity contribution in [3.05, 3.63) is 78.0 Å². The molecule has 0 aliphatic heterocycles. The van der Waals surface area contributed by atoms with Crippen LogP contribution in [-0.4, -0.2) is 4.57 Å². The fraction of sp³-hybridized carbons (Fsp3) is 0.200. The molecule has 0 unspecified atom stereocenters. The van der Waals surface area contributed by atoms with E-state index in [0.717, 1.165) is 17.3 Å². The number of para-hydroxylation sites is 1. The molecule has 0 fully saturated rings. The number of allylic oxidation sites excluding steroid dienone is 1. The number of fused-ring (bicyclic) bond motifs is 1. The summed E-state index contributed by atoms with van der Waals surface area (Å²) >= 11 is 0. The summed E-state index contributed by atoms with van der Waals surface area (Å²) in [5, 5.41) is 0.887. The summed E-state index contributed by atoms with van der Waals surface area (Å²) in [5.74, 6) is 0. The molecular formula is C20H19F2N. The second-order valence-corrected chi connectivity index (χ2v) is 5.75. The Morgan fingerprint density at radius 1 is 0.957 bits per heavy atom. The van der Waals surface area contributed by atoms with E-state index in [9.17, 15) is 8.78 Å². The normalized spacial score (nSPS) is 10.9. The van der Waals surface area contributed by atoms with Crippen molar-refractivity contribution in [1.29, 1.82) is 0 Å². The first-order valence-corrected chi connectivity index (χ1v) is 7.79. The minimum atomic E-state index is -1.57. The Bertz CT molecular complexity index is 827. The van der Waals surface area contributed by atoms with E-state index in [1.807, 2.05) is 72.4 Å². The quantitative estimate of drug-likeness (QED) is 0.560. The SMILES string of the molecule is Cn1cc(C(CCCc2ccccc2)=C(F)F)c2ccccc21. The maximum atomic E-state index is 13.5. The van der Waals surface area contributed by atoms with Gasteiger partial charge in [-0.15, -0.1) is 0 Å². The Morgan fingerprint density at radius 3 is 2.39 bits per heavy atom. The summed E-state index contributed by atoms with van der Waals surface area (Å²) in [6.45, 7) is 0. The third-order valence-corrected chi connectivity index (χ3v) is 4.19. The molecule has 23 heavy (non-hydrogen) atoms. The topological polar surface area (TPSA) is 4.93 Å². The number of nitrogens with zero attached hydrogens (tertiary/aromatic N) is 1. The monoisotopic (exact) mass is 311 g/mol. The van der Waals surface area contributed by atoms with E-state index in [0.29, 0.717) is 18.4 Å². The van der Waals surface area contributed by atoms with Crippen LogP contribution in [0, 0.1) is 0 Å². The van der Waals surface area contributed by atoms with Crippen LogP contribution in [0.3, 0.4) is 0 Å². The molecule has 1 heterocycles. The van der Waals surface area contributed by atoms with Crippen molar-refractivity contribution in [3.8, 4) is 0 Å². The van der Waals surface area contributed by atoms with Crippen LogP contribution in [0.1, 0.15) is 24.0 Å². The molecule has 0 saturated carbocycles. The first-order chi connectivity index (χ1) is 11.2. The summed E-state index contributed by atoms with van der Waals surface area (Å²) in [6.07, 6.45) is 2.13. The second kappa shape index (κ2) is 6.78. The Kier molecular flexibility index (Phi) is 4.56. The molecule has 2 aromatic carbocycles. The lowest BCUT2D eigenvalue weighted by molar-refractivity contribution is 0.422. The van der Waals surface area contributed by atoms with Gasteiger partial charge in [0.15, 0.2) is 0 Å². The number of halogens is 2. The fourth-order valence-corrected chi connectivity index (χ4v) is 3.03. The van der Waals surface area contributed by atoms with Crippen LogP contribution >= 0.6 is 0 Å². The molecule has 118 valence electrons. The lowest BCUT2D eigenvalue weighted by Gasteiger charge is -2.06. The van der Waals surface area contributed by atoms with E-state index in [2.05, 4.69) is 0 Å². The number of hydrogen-bond donors (Lipinski definition) is 0. The summed E-state index contributed by atoms with van der Waals surface area (Å²) in [6, 6.07) is 17.7. The van der Waals surface area contributed by atoms with Crippen molar-refractivity contribution in [2.75, 3.05) is 0 Å². The molecule has 3 aromatic rings. The molecule has 1 nitrogen and oxygen atoms in total. The van der Waals surface area contributed by atoms with Crippen molar-refractivity contribution in [2.24, 2.45) is 7.05 Å². The van der Waals surface area contributed by atoms with Crippen LogP contribution in [0.5, 0.6) is 0 Å². The summed E-state index contributed by atoms with van der Waals surface area (Å²) in [7, 11) is 1.89. The van der Waals surface area contributed by atoms with Crippen LogP contribution in [-0.2, 0) is 13.5 Å². The second-order valence-electron chi connectivity index (χ2n) is 5.75. The summed E-state index contributed by atoms with van der Waals surface area (Å²) < 4.78 is 28.9. The highest BCUT2D eigenvalue weighted by atomic mass is 19.3. The van der Waals surface area contributed by atoms with Crippen LogP contribution in [0.4, 0.5) is 8.78 Å². The van der Waals surface area contributed by atoms with E-state index >= 15 is 0 Å².